The lowest BCUT2D eigenvalue weighted by Gasteiger charge is -2.22. The third-order valence-corrected chi connectivity index (χ3v) is 2.19. The highest BCUT2D eigenvalue weighted by molar-refractivity contribution is 5.85. The molecule has 0 heterocycles. The Kier molecular flexibility index (Phi) is 4.25. The van der Waals surface area contributed by atoms with Crippen molar-refractivity contribution >= 4 is 12.4 Å². The summed E-state index contributed by atoms with van der Waals surface area (Å²) in [6.45, 7) is 0. The van der Waals surface area contributed by atoms with Crippen molar-refractivity contribution in [1.29, 1.82) is 0 Å². The van der Waals surface area contributed by atoms with E-state index < -0.39 is 0 Å². The molecule has 1 rings (SSSR count). The molecule has 10 heavy (non-hydrogen) atoms. The Morgan fingerprint density at radius 2 is 1.90 bits per heavy atom. The number of nitrogens with two attached hydrogens (primary N) is 1. The Morgan fingerprint density at radius 1 is 1.30 bits per heavy atom. The highest BCUT2D eigenvalue weighted by atomic mass is 35.5. The van der Waals surface area contributed by atoms with Gasteiger partial charge in [0.15, 0.2) is 0 Å². The average Bonchev–Trinajstić information content (AvgIpc) is 2.13. The maximum absolute atomic E-state index is 5.84. The maximum Gasteiger partial charge on any atom is 0.0241 e. The van der Waals surface area contributed by atoms with Crippen molar-refractivity contribution in [2.45, 2.75) is 31.3 Å². The molecule has 1 aliphatic carbocycles. The van der Waals surface area contributed by atoms with Gasteiger partial charge in [0.05, 0.1) is 0 Å². The van der Waals surface area contributed by atoms with Crippen molar-refractivity contribution < 1.29 is 0 Å². The van der Waals surface area contributed by atoms with E-state index in [1.54, 1.807) is 0 Å². The summed E-state index contributed by atoms with van der Waals surface area (Å²) < 4.78 is 0. The van der Waals surface area contributed by atoms with Crippen LogP contribution in [0.25, 0.3) is 0 Å². The van der Waals surface area contributed by atoms with Crippen molar-refractivity contribution in [3.63, 3.8) is 0 Å². The van der Waals surface area contributed by atoms with E-state index in [9.17, 15) is 0 Å². The van der Waals surface area contributed by atoms with E-state index >= 15 is 0 Å². The van der Waals surface area contributed by atoms with E-state index in [2.05, 4.69) is 19.0 Å². The van der Waals surface area contributed by atoms with Crippen molar-refractivity contribution in [3.8, 4) is 0 Å². The smallest absolute Gasteiger partial charge is 0.0241 e. The third-order valence-electron chi connectivity index (χ3n) is 2.19. The van der Waals surface area contributed by atoms with Crippen molar-refractivity contribution in [3.05, 3.63) is 0 Å². The Morgan fingerprint density at radius 3 is 2.10 bits per heavy atom. The van der Waals surface area contributed by atoms with Crippen LogP contribution in [0.3, 0.4) is 0 Å². The molecular formula is C7H17ClN2. The molecule has 1 aliphatic rings. The van der Waals surface area contributed by atoms with Crippen molar-refractivity contribution in [2.24, 2.45) is 5.73 Å². The van der Waals surface area contributed by atoms with Gasteiger partial charge in [-0.15, -0.1) is 12.4 Å². The first kappa shape index (κ1) is 10.2. The van der Waals surface area contributed by atoms with Gasteiger partial charge in [-0.05, 0) is 26.9 Å². The molecule has 3 heteroatoms. The van der Waals surface area contributed by atoms with Gasteiger partial charge in [0.25, 0.3) is 0 Å². The van der Waals surface area contributed by atoms with Gasteiger partial charge < -0.3 is 10.6 Å². The van der Waals surface area contributed by atoms with Crippen molar-refractivity contribution in [1.82, 2.24) is 4.90 Å². The summed E-state index contributed by atoms with van der Waals surface area (Å²) in [4.78, 5) is 2.23. The largest absolute Gasteiger partial charge is 0.326 e. The monoisotopic (exact) mass is 164 g/mol. The van der Waals surface area contributed by atoms with E-state index in [0.29, 0.717) is 12.1 Å². The zero-order chi connectivity index (χ0) is 6.85. The van der Waals surface area contributed by atoms with Crippen LogP contribution in [-0.2, 0) is 0 Å². The zero-order valence-corrected chi connectivity index (χ0v) is 7.53. The molecule has 1 fully saturated rings. The number of hydrogen-bond donors (Lipinski definition) is 1. The standard InChI is InChI=1S/C7H16N2.ClH/c1-9(2)7-5-3-4-6(7)8;/h6-7H,3-5,8H2,1-2H3;1H/t6-,7-;/m1./s1. The lowest BCUT2D eigenvalue weighted by Crippen LogP contribution is -2.39. The Hall–Kier alpha value is 0.210. The first-order valence-electron chi connectivity index (χ1n) is 3.64. The van der Waals surface area contributed by atoms with Crippen LogP contribution < -0.4 is 5.73 Å². The molecule has 0 aliphatic heterocycles. The summed E-state index contributed by atoms with van der Waals surface area (Å²) in [6, 6.07) is 1.07. The quantitative estimate of drug-likeness (QED) is 0.623. The van der Waals surface area contributed by atoms with Gasteiger partial charge >= 0.3 is 0 Å². The molecule has 0 saturated heterocycles. The second kappa shape index (κ2) is 4.16. The number of likely N-dealkylation sites (N-methyl/N-ethyl adjacent to an activating group) is 1. The van der Waals surface area contributed by atoms with Gasteiger partial charge in [0, 0.05) is 12.1 Å². The minimum atomic E-state index is 0. The third kappa shape index (κ3) is 2.11. The highest BCUT2D eigenvalue weighted by Crippen LogP contribution is 2.20. The molecule has 1 saturated carbocycles. The second-order valence-corrected chi connectivity index (χ2v) is 3.13. The van der Waals surface area contributed by atoms with E-state index in [0.717, 1.165) is 0 Å². The molecule has 0 unspecified atom stereocenters. The molecule has 0 radical (unpaired) electrons. The maximum atomic E-state index is 5.84. The van der Waals surface area contributed by atoms with E-state index in [-0.39, 0.29) is 12.4 Å². The lowest BCUT2D eigenvalue weighted by atomic mass is 10.2. The van der Waals surface area contributed by atoms with Crippen LogP contribution in [0.2, 0.25) is 0 Å². The minimum Gasteiger partial charge on any atom is -0.326 e. The van der Waals surface area contributed by atoms with Crippen LogP contribution in [0.1, 0.15) is 19.3 Å². The van der Waals surface area contributed by atoms with Crippen LogP contribution in [0.5, 0.6) is 0 Å². The number of halogens is 1. The number of nitrogens with zero attached hydrogens (tertiary/aromatic N) is 1. The van der Waals surface area contributed by atoms with Gasteiger partial charge in [0.1, 0.15) is 0 Å². The molecule has 2 nitrogen and oxygen atoms in total. The predicted molar refractivity (Wildman–Crippen MR) is 46.5 cm³/mol. The van der Waals surface area contributed by atoms with Gasteiger partial charge in [-0.1, -0.05) is 6.42 Å². The fourth-order valence-electron chi connectivity index (χ4n) is 1.61. The fourth-order valence-corrected chi connectivity index (χ4v) is 1.61. The molecule has 0 aromatic carbocycles. The minimum absolute atomic E-state index is 0. The Balaban J connectivity index is 0.000000810. The highest BCUT2D eigenvalue weighted by Gasteiger charge is 2.24. The Labute approximate surface area is 69.2 Å². The average molecular weight is 165 g/mol. The first-order chi connectivity index (χ1) is 4.22. The first-order valence-corrected chi connectivity index (χ1v) is 3.64. The van der Waals surface area contributed by atoms with Crippen LogP contribution >= 0.6 is 12.4 Å². The summed E-state index contributed by atoms with van der Waals surface area (Å²) in [5, 5.41) is 0. The second-order valence-electron chi connectivity index (χ2n) is 3.13. The SMILES string of the molecule is CN(C)[C@@H]1CCC[C@H]1N.Cl. The molecule has 0 aromatic rings. The normalized spacial score (nSPS) is 32.4. The van der Waals surface area contributed by atoms with Crippen LogP contribution in [-0.4, -0.2) is 31.1 Å². The van der Waals surface area contributed by atoms with E-state index in [1.165, 1.54) is 19.3 Å². The molecule has 0 spiro atoms. The van der Waals surface area contributed by atoms with Gasteiger partial charge in [-0.3, -0.25) is 0 Å². The molecule has 0 amide bonds. The predicted octanol–water partition coefficient (Wildman–Crippen LogP) is 0.850. The summed E-state index contributed by atoms with van der Waals surface area (Å²) in [6.07, 6.45) is 3.81. The number of hydrogen-bond acceptors (Lipinski definition) is 2. The molecular weight excluding hydrogens is 148 g/mol. The van der Waals surface area contributed by atoms with Gasteiger partial charge in [-0.2, -0.15) is 0 Å². The summed E-state index contributed by atoms with van der Waals surface area (Å²) >= 11 is 0. The van der Waals surface area contributed by atoms with Gasteiger partial charge in [-0.25, -0.2) is 0 Å². The molecule has 2 N–H and O–H groups in total. The summed E-state index contributed by atoms with van der Waals surface area (Å²) in [7, 11) is 4.21. The lowest BCUT2D eigenvalue weighted by molar-refractivity contribution is 0.277. The molecule has 0 bridgehead atoms. The van der Waals surface area contributed by atoms with Crippen LogP contribution in [0.4, 0.5) is 0 Å². The van der Waals surface area contributed by atoms with Gasteiger partial charge in [0.2, 0.25) is 0 Å². The fraction of sp³-hybridized carbons (Fsp3) is 1.00. The van der Waals surface area contributed by atoms with Crippen molar-refractivity contribution in [2.75, 3.05) is 14.1 Å². The topological polar surface area (TPSA) is 29.3 Å². The molecule has 62 valence electrons. The molecule has 2 atom stereocenters. The molecule has 0 aromatic heterocycles. The summed E-state index contributed by atoms with van der Waals surface area (Å²) in [5.41, 5.74) is 5.84. The van der Waals surface area contributed by atoms with E-state index in [1.807, 2.05) is 0 Å². The number of rotatable bonds is 1. The van der Waals surface area contributed by atoms with E-state index in [4.69, 9.17) is 5.73 Å². The summed E-state index contributed by atoms with van der Waals surface area (Å²) in [5.74, 6) is 0. The van der Waals surface area contributed by atoms with Crippen LogP contribution in [0, 0.1) is 0 Å². The zero-order valence-electron chi connectivity index (χ0n) is 6.71. The van der Waals surface area contributed by atoms with Crippen LogP contribution in [0.15, 0.2) is 0 Å². The Bertz CT molecular complexity index is 95.6.